The first-order valence-corrected chi connectivity index (χ1v) is 7.80. The lowest BCUT2D eigenvalue weighted by atomic mass is 10.3. The largest absolute Gasteiger partial charge is 0.458 e. The lowest BCUT2D eigenvalue weighted by Gasteiger charge is -2.01. The van der Waals surface area contributed by atoms with Gasteiger partial charge in [0.15, 0.2) is 10.9 Å². The number of halogens is 1. The van der Waals surface area contributed by atoms with Crippen LogP contribution in [0.3, 0.4) is 0 Å². The summed E-state index contributed by atoms with van der Waals surface area (Å²) >= 11 is 1.43. The van der Waals surface area contributed by atoms with Crippen molar-refractivity contribution in [3.63, 3.8) is 0 Å². The first kappa shape index (κ1) is 15.2. The average Bonchev–Trinajstić information content (AvgIpc) is 3.16. The summed E-state index contributed by atoms with van der Waals surface area (Å²) in [7, 11) is 0. The third kappa shape index (κ3) is 3.95. The number of furan rings is 1. The van der Waals surface area contributed by atoms with Crippen molar-refractivity contribution in [1.29, 1.82) is 0 Å². The number of hydrogen-bond donors (Lipinski definition) is 2. The number of rotatable bonds is 5. The fourth-order valence-electron chi connectivity index (χ4n) is 1.92. The lowest BCUT2D eigenvalue weighted by molar-refractivity contribution is -0.119. The van der Waals surface area contributed by atoms with Gasteiger partial charge in [-0.05, 0) is 36.4 Å². The molecule has 0 saturated heterocycles. The average molecular weight is 331 g/mol. The summed E-state index contributed by atoms with van der Waals surface area (Å²) in [6.45, 7) is 1.80. The van der Waals surface area contributed by atoms with Crippen LogP contribution in [0.5, 0.6) is 0 Å². The summed E-state index contributed by atoms with van der Waals surface area (Å²) in [5.41, 5.74) is 1.46. The van der Waals surface area contributed by atoms with Gasteiger partial charge >= 0.3 is 0 Å². The van der Waals surface area contributed by atoms with E-state index in [0.29, 0.717) is 28.9 Å². The Labute approximate surface area is 136 Å². The monoisotopic (exact) mass is 331 g/mol. The summed E-state index contributed by atoms with van der Waals surface area (Å²) in [5.74, 6) is 0.907. The summed E-state index contributed by atoms with van der Waals surface area (Å²) in [4.78, 5) is 15.3. The van der Waals surface area contributed by atoms with E-state index in [1.165, 1.54) is 30.4 Å². The van der Waals surface area contributed by atoms with Crippen molar-refractivity contribution >= 4 is 28.1 Å². The Morgan fingerprint density at radius 3 is 2.78 bits per heavy atom. The Morgan fingerprint density at radius 1 is 1.26 bits per heavy atom. The highest BCUT2D eigenvalue weighted by atomic mass is 32.1. The van der Waals surface area contributed by atoms with E-state index < -0.39 is 0 Å². The number of aromatic nitrogens is 1. The van der Waals surface area contributed by atoms with E-state index >= 15 is 0 Å². The molecule has 1 amide bonds. The minimum Gasteiger partial charge on any atom is -0.458 e. The molecule has 0 radical (unpaired) electrons. The van der Waals surface area contributed by atoms with E-state index in [-0.39, 0.29) is 11.7 Å². The lowest BCUT2D eigenvalue weighted by Crippen LogP contribution is -2.18. The number of carbonyl (C=O) groups excluding carboxylic acids is 1. The Morgan fingerprint density at radius 2 is 2.04 bits per heavy atom. The van der Waals surface area contributed by atoms with Gasteiger partial charge in [0.1, 0.15) is 17.3 Å². The van der Waals surface area contributed by atoms with Gasteiger partial charge in [-0.2, -0.15) is 0 Å². The first-order valence-electron chi connectivity index (χ1n) is 6.92. The van der Waals surface area contributed by atoms with Crippen LogP contribution >= 0.6 is 11.3 Å². The van der Waals surface area contributed by atoms with E-state index in [2.05, 4.69) is 15.6 Å². The molecule has 118 valence electrons. The molecule has 2 heterocycles. The zero-order chi connectivity index (χ0) is 16.2. The van der Waals surface area contributed by atoms with E-state index in [4.69, 9.17) is 4.42 Å². The van der Waals surface area contributed by atoms with Crippen LogP contribution in [0.25, 0.3) is 11.5 Å². The van der Waals surface area contributed by atoms with Crippen LogP contribution in [0.2, 0.25) is 0 Å². The molecular weight excluding hydrogens is 317 g/mol. The van der Waals surface area contributed by atoms with Gasteiger partial charge in [0.05, 0.1) is 6.54 Å². The van der Waals surface area contributed by atoms with Gasteiger partial charge in [0.25, 0.3) is 0 Å². The molecule has 3 aromatic rings. The van der Waals surface area contributed by atoms with Crippen LogP contribution in [-0.2, 0) is 11.3 Å². The molecule has 1 aromatic carbocycles. The van der Waals surface area contributed by atoms with Crippen LogP contribution in [0, 0.1) is 5.82 Å². The summed E-state index contributed by atoms with van der Waals surface area (Å²) < 4.78 is 18.5. The molecule has 0 fully saturated rings. The van der Waals surface area contributed by atoms with Gasteiger partial charge < -0.3 is 15.1 Å². The smallest absolute Gasteiger partial charge is 0.217 e. The molecule has 5 nitrogen and oxygen atoms in total. The number of anilines is 2. The van der Waals surface area contributed by atoms with Gasteiger partial charge in [0, 0.05) is 18.0 Å². The fourth-order valence-corrected chi connectivity index (χ4v) is 2.64. The Hall–Kier alpha value is -2.67. The predicted molar refractivity (Wildman–Crippen MR) is 87.0 cm³/mol. The van der Waals surface area contributed by atoms with E-state index in [1.807, 2.05) is 11.4 Å². The number of thiazole rings is 1. The van der Waals surface area contributed by atoms with Crippen molar-refractivity contribution in [2.75, 3.05) is 5.32 Å². The Balaban J connectivity index is 1.69. The molecule has 0 atom stereocenters. The van der Waals surface area contributed by atoms with Crippen LogP contribution in [0.1, 0.15) is 12.7 Å². The van der Waals surface area contributed by atoms with Crippen LogP contribution in [0.15, 0.2) is 46.2 Å². The van der Waals surface area contributed by atoms with Crippen molar-refractivity contribution in [1.82, 2.24) is 10.3 Å². The van der Waals surface area contributed by atoms with Gasteiger partial charge in [-0.15, -0.1) is 11.3 Å². The molecule has 2 N–H and O–H groups in total. The van der Waals surface area contributed by atoms with Crippen molar-refractivity contribution in [2.24, 2.45) is 0 Å². The second-order valence-electron chi connectivity index (χ2n) is 4.85. The quantitative estimate of drug-likeness (QED) is 0.743. The summed E-state index contributed by atoms with van der Waals surface area (Å²) in [5, 5.41) is 8.34. The molecule has 23 heavy (non-hydrogen) atoms. The highest BCUT2D eigenvalue weighted by Gasteiger charge is 2.10. The predicted octanol–water partition coefficient (Wildman–Crippen LogP) is 3.92. The highest BCUT2D eigenvalue weighted by Crippen LogP contribution is 2.28. The second-order valence-corrected chi connectivity index (χ2v) is 5.70. The Kier molecular flexibility index (Phi) is 4.38. The molecular formula is C16H14FN3O2S. The molecule has 0 aliphatic carbocycles. The first-order chi connectivity index (χ1) is 11.1. The fraction of sp³-hybridized carbons (Fsp3) is 0.125. The molecule has 0 aliphatic heterocycles. The number of amides is 1. The zero-order valence-electron chi connectivity index (χ0n) is 12.3. The van der Waals surface area contributed by atoms with Crippen molar-refractivity contribution in [3.8, 4) is 11.5 Å². The minimum atomic E-state index is -0.280. The third-order valence-electron chi connectivity index (χ3n) is 3.03. The van der Waals surface area contributed by atoms with Gasteiger partial charge in [-0.3, -0.25) is 4.79 Å². The maximum atomic E-state index is 12.9. The zero-order valence-corrected chi connectivity index (χ0v) is 13.1. The SMILES string of the molecule is CC(=O)NCc1ccc(-c2csc(Nc3ccc(F)cc3)n2)o1. The second kappa shape index (κ2) is 6.62. The number of nitrogens with zero attached hydrogens (tertiary/aromatic N) is 1. The Bertz CT molecular complexity index is 811. The molecule has 0 unspecified atom stereocenters. The molecule has 3 rings (SSSR count). The van der Waals surface area contributed by atoms with E-state index in [0.717, 1.165) is 5.69 Å². The number of nitrogens with one attached hydrogen (secondary N) is 2. The topological polar surface area (TPSA) is 67.2 Å². The standard InChI is InChI=1S/C16H14FN3O2S/c1-10(21)18-8-13-6-7-15(22-13)14-9-23-16(20-14)19-12-4-2-11(17)3-5-12/h2-7,9H,8H2,1H3,(H,18,21)(H,19,20). The van der Waals surface area contributed by atoms with Gasteiger partial charge in [-0.1, -0.05) is 0 Å². The molecule has 0 bridgehead atoms. The van der Waals surface area contributed by atoms with Crippen LogP contribution < -0.4 is 10.6 Å². The summed E-state index contributed by atoms with van der Waals surface area (Å²) in [6.07, 6.45) is 0. The third-order valence-corrected chi connectivity index (χ3v) is 3.78. The van der Waals surface area contributed by atoms with Crippen molar-refractivity contribution in [3.05, 3.63) is 53.4 Å². The van der Waals surface area contributed by atoms with E-state index in [9.17, 15) is 9.18 Å². The molecule has 0 saturated carbocycles. The normalized spacial score (nSPS) is 10.5. The van der Waals surface area contributed by atoms with Gasteiger partial charge in [-0.25, -0.2) is 9.37 Å². The number of carbonyl (C=O) groups is 1. The minimum absolute atomic E-state index is 0.109. The molecule has 0 spiro atoms. The van der Waals surface area contributed by atoms with Gasteiger partial charge in [0.2, 0.25) is 5.91 Å². The van der Waals surface area contributed by atoms with Crippen LogP contribution in [0.4, 0.5) is 15.2 Å². The maximum Gasteiger partial charge on any atom is 0.217 e. The maximum absolute atomic E-state index is 12.9. The molecule has 7 heteroatoms. The highest BCUT2D eigenvalue weighted by molar-refractivity contribution is 7.14. The summed E-state index contributed by atoms with van der Waals surface area (Å²) in [6, 6.07) is 9.69. The van der Waals surface area contributed by atoms with Crippen molar-refractivity contribution < 1.29 is 13.6 Å². The molecule has 0 aliphatic rings. The van der Waals surface area contributed by atoms with Crippen LogP contribution in [-0.4, -0.2) is 10.9 Å². The molecule has 2 aromatic heterocycles. The number of benzene rings is 1. The van der Waals surface area contributed by atoms with Crippen molar-refractivity contribution in [2.45, 2.75) is 13.5 Å². The van der Waals surface area contributed by atoms with E-state index in [1.54, 1.807) is 18.2 Å². The number of hydrogen-bond acceptors (Lipinski definition) is 5.